The summed E-state index contributed by atoms with van der Waals surface area (Å²) >= 11 is 7.74. The van der Waals surface area contributed by atoms with Gasteiger partial charge in [-0.25, -0.2) is 9.79 Å². The topological polar surface area (TPSA) is 91.5 Å². The Hall–Kier alpha value is -3.86. The number of halogens is 1. The highest BCUT2D eigenvalue weighted by Gasteiger charge is 2.40. The number of para-hydroxylation sites is 1. The van der Waals surface area contributed by atoms with Gasteiger partial charge in [-0.1, -0.05) is 90.1 Å². The highest BCUT2D eigenvalue weighted by molar-refractivity contribution is 8.14. The minimum absolute atomic E-state index is 0.0572. The molecule has 0 spiro atoms. The Bertz CT molecular complexity index is 1450. The molecule has 0 radical (unpaired) electrons. The van der Waals surface area contributed by atoms with Gasteiger partial charge in [0, 0.05) is 22.3 Å². The lowest BCUT2D eigenvalue weighted by molar-refractivity contribution is -0.140. The molecule has 0 saturated heterocycles. The van der Waals surface area contributed by atoms with Crippen LogP contribution >= 0.6 is 23.4 Å². The van der Waals surface area contributed by atoms with Crippen LogP contribution in [0, 0.1) is 24.2 Å². The molecule has 1 aliphatic rings. The first-order chi connectivity index (χ1) is 18.4. The summed E-state index contributed by atoms with van der Waals surface area (Å²) in [6.07, 6.45) is 0. The van der Waals surface area contributed by atoms with E-state index in [1.54, 1.807) is 25.1 Å². The fraction of sp³-hybridized carbons (Fsp3) is 0.200. The van der Waals surface area contributed by atoms with Crippen molar-refractivity contribution in [1.29, 1.82) is 5.26 Å². The Balaban J connectivity index is 1.61. The average molecular weight is 544 g/mol. The second-order valence-corrected chi connectivity index (χ2v) is 10.2. The van der Waals surface area contributed by atoms with Crippen molar-refractivity contribution in [3.8, 4) is 6.07 Å². The number of nitriles is 1. The molecular formula is C30H26ClN3O3S. The molecule has 0 saturated carbocycles. The molecule has 0 bridgehead atoms. The van der Waals surface area contributed by atoms with Gasteiger partial charge in [0.2, 0.25) is 5.91 Å². The molecule has 0 aliphatic carbocycles. The number of amides is 1. The summed E-state index contributed by atoms with van der Waals surface area (Å²) in [5, 5.41) is 14.0. The van der Waals surface area contributed by atoms with Gasteiger partial charge in [-0.3, -0.25) is 4.79 Å². The van der Waals surface area contributed by atoms with Gasteiger partial charge in [-0.05, 0) is 42.7 Å². The third-order valence-corrected chi connectivity index (χ3v) is 7.55. The van der Waals surface area contributed by atoms with Crippen molar-refractivity contribution in [2.75, 3.05) is 11.1 Å². The van der Waals surface area contributed by atoms with Crippen molar-refractivity contribution >= 4 is 46.0 Å². The lowest BCUT2D eigenvalue weighted by Crippen LogP contribution is -2.30. The molecule has 3 aromatic carbocycles. The monoisotopic (exact) mass is 543 g/mol. The van der Waals surface area contributed by atoms with E-state index in [0.717, 1.165) is 16.8 Å². The van der Waals surface area contributed by atoms with Crippen LogP contribution in [0.3, 0.4) is 0 Å². The van der Waals surface area contributed by atoms with Crippen molar-refractivity contribution in [3.05, 3.63) is 112 Å². The first kappa shape index (κ1) is 27.2. The zero-order chi connectivity index (χ0) is 27.1. The minimum Gasteiger partial charge on any atom is -0.457 e. The number of rotatable bonds is 7. The highest BCUT2D eigenvalue weighted by Crippen LogP contribution is 2.43. The molecule has 1 N–H and O–H groups in total. The normalized spacial score (nSPS) is 16.8. The van der Waals surface area contributed by atoms with E-state index >= 15 is 0 Å². The lowest BCUT2D eigenvalue weighted by Gasteiger charge is -2.30. The van der Waals surface area contributed by atoms with Gasteiger partial charge in [-0.2, -0.15) is 5.26 Å². The van der Waals surface area contributed by atoms with Crippen molar-refractivity contribution < 1.29 is 14.3 Å². The third kappa shape index (κ3) is 6.34. The van der Waals surface area contributed by atoms with Crippen LogP contribution in [0.15, 0.2) is 95.1 Å². The van der Waals surface area contributed by atoms with Gasteiger partial charge in [-0.15, -0.1) is 0 Å². The summed E-state index contributed by atoms with van der Waals surface area (Å²) < 4.78 is 5.64. The van der Waals surface area contributed by atoms with Gasteiger partial charge in [0.05, 0.1) is 22.4 Å². The average Bonchev–Trinajstić information content (AvgIpc) is 2.92. The Morgan fingerprint density at radius 1 is 1.03 bits per heavy atom. The zero-order valence-corrected chi connectivity index (χ0v) is 22.6. The van der Waals surface area contributed by atoms with E-state index in [-0.39, 0.29) is 23.8 Å². The van der Waals surface area contributed by atoms with Crippen molar-refractivity contribution in [2.24, 2.45) is 10.9 Å². The van der Waals surface area contributed by atoms with Crippen LogP contribution in [0.2, 0.25) is 5.02 Å². The van der Waals surface area contributed by atoms with Crippen LogP contribution in [0.1, 0.15) is 29.5 Å². The summed E-state index contributed by atoms with van der Waals surface area (Å²) in [5.41, 5.74) is 3.88. The molecule has 38 heavy (non-hydrogen) atoms. The molecule has 3 aromatic rings. The van der Waals surface area contributed by atoms with E-state index < -0.39 is 17.8 Å². The van der Waals surface area contributed by atoms with Crippen LogP contribution in [-0.2, 0) is 20.9 Å². The smallest absolute Gasteiger partial charge is 0.336 e. The fourth-order valence-corrected chi connectivity index (χ4v) is 5.43. The van der Waals surface area contributed by atoms with Gasteiger partial charge in [0.25, 0.3) is 0 Å². The van der Waals surface area contributed by atoms with Crippen LogP contribution in [-0.4, -0.2) is 22.7 Å². The van der Waals surface area contributed by atoms with E-state index in [2.05, 4.69) is 16.4 Å². The maximum Gasteiger partial charge on any atom is 0.336 e. The maximum absolute atomic E-state index is 13.4. The fourth-order valence-electron chi connectivity index (χ4n) is 4.26. The molecule has 0 aromatic heterocycles. The summed E-state index contributed by atoms with van der Waals surface area (Å²) in [5.74, 6) is -2.23. The van der Waals surface area contributed by atoms with Gasteiger partial charge in [0.1, 0.15) is 12.5 Å². The number of aryl methyl sites for hydroxylation is 1. The second-order valence-electron chi connectivity index (χ2n) is 8.77. The largest absolute Gasteiger partial charge is 0.457 e. The van der Waals surface area contributed by atoms with Crippen LogP contribution in [0.5, 0.6) is 0 Å². The van der Waals surface area contributed by atoms with E-state index in [9.17, 15) is 14.9 Å². The molecular weight excluding hydrogens is 518 g/mol. The lowest BCUT2D eigenvalue weighted by atomic mass is 9.79. The maximum atomic E-state index is 13.4. The summed E-state index contributed by atoms with van der Waals surface area (Å²) in [4.78, 5) is 30.7. The standard InChI is InChI=1S/C30H26ClN3O3S/c1-19-10-6-9-15-25(19)34-26(35)18-38-29-23(16-32)28(22-13-7-8-14-24(22)31)27(20(2)33-29)30(36)37-17-21-11-4-3-5-12-21/h3-15,23,28H,17-18H2,1-2H3,(H,34,35)/t23?,28-/m1/s1. The van der Waals surface area contributed by atoms with Gasteiger partial charge in [0.15, 0.2) is 0 Å². The van der Waals surface area contributed by atoms with E-state index in [4.69, 9.17) is 16.3 Å². The molecule has 2 atom stereocenters. The third-order valence-electron chi connectivity index (χ3n) is 6.16. The van der Waals surface area contributed by atoms with E-state index in [1.165, 1.54) is 11.8 Å². The number of ether oxygens (including phenoxy) is 1. The number of allylic oxidation sites excluding steroid dienone is 1. The highest BCUT2D eigenvalue weighted by atomic mass is 35.5. The number of hydrogen-bond donors (Lipinski definition) is 1. The zero-order valence-electron chi connectivity index (χ0n) is 21.0. The number of thioether (sulfide) groups is 1. The van der Waals surface area contributed by atoms with Crippen molar-refractivity contribution in [1.82, 2.24) is 0 Å². The quantitative estimate of drug-likeness (QED) is 0.336. The predicted octanol–water partition coefficient (Wildman–Crippen LogP) is 6.67. The molecule has 4 rings (SSSR count). The molecule has 1 aliphatic heterocycles. The Morgan fingerprint density at radius 2 is 1.71 bits per heavy atom. The Morgan fingerprint density at radius 3 is 2.42 bits per heavy atom. The molecule has 1 amide bonds. The van der Waals surface area contributed by atoms with Crippen molar-refractivity contribution in [2.45, 2.75) is 26.4 Å². The predicted molar refractivity (Wildman–Crippen MR) is 152 cm³/mol. The second kappa shape index (κ2) is 12.6. The van der Waals surface area contributed by atoms with Crippen LogP contribution < -0.4 is 5.32 Å². The number of esters is 1. The first-order valence-corrected chi connectivity index (χ1v) is 13.4. The molecule has 6 nitrogen and oxygen atoms in total. The number of carbonyl (C=O) groups excluding carboxylic acids is 2. The van der Waals surface area contributed by atoms with Gasteiger partial charge < -0.3 is 10.1 Å². The van der Waals surface area contributed by atoms with Crippen LogP contribution in [0.25, 0.3) is 0 Å². The first-order valence-electron chi connectivity index (χ1n) is 12.0. The molecule has 1 unspecified atom stereocenters. The van der Waals surface area contributed by atoms with E-state index in [1.807, 2.05) is 67.6 Å². The van der Waals surface area contributed by atoms with Gasteiger partial charge >= 0.3 is 5.97 Å². The number of nitrogens with zero attached hydrogens (tertiary/aromatic N) is 2. The number of aliphatic imine (C=N–C) groups is 1. The van der Waals surface area contributed by atoms with Crippen molar-refractivity contribution in [3.63, 3.8) is 0 Å². The number of anilines is 1. The Kier molecular flexibility index (Phi) is 9.01. The SMILES string of the molecule is CC1=C(C(=O)OCc2ccccc2)[C@H](c2ccccc2Cl)C(C#N)C(SCC(=O)Nc2ccccc2C)=N1. The molecule has 0 fully saturated rings. The Labute approximate surface area is 231 Å². The molecule has 8 heteroatoms. The number of nitrogens with one attached hydrogen (secondary N) is 1. The summed E-state index contributed by atoms with van der Waals surface area (Å²) in [7, 11) is 0. The number of carbonyl (C=O) groups is 2. The molecule has 1 heterocycles. The van der Waals surface area contributed by atoms with Crippen LogP contribution in [0.4, 0.5) is 5.69 Å². The minimum atomic E-state index is -0.825. The summed E-state index contributed by atoms with van der Waals surface area (Å²) in [6.45, 7) is 3.72. The van der Waals surface area contributed by atoms with E-state index in [0.29, 0.717) is 21.3 Å². The number of benzene rings is 3. The number of hydrogen-bond acceptors (Lipinski definition) is 6. The summed E-state index contributed by atoms with van der Waals surface area (Å²) in [6, 6.07) is 26.3. The molecule has 192 valence electrons.